The highest BCUT2D eigenvalue weighted by Crippen LogP contribution is 2.28. The maximum Gasteiger partial charge on any atom is 0.138 e. The van der Waals surface area contributed by atoms with Crippen molar-refractivity contribution in [2.75, 3.05) is 0 Å². The molecule has 0 bridgehead atoms. The molecule has 1 aromatic rings. The SMILES string of the molecule is O=CC(Br)c1ccc(Br)c(Br)c1. The highest BCUT2D eigenvalue weighted by Gasteiger charge is 2.06. The Morgan fingerprint density at radius 3 is 2.42 bits per heavy atom. The number of rotatable bonds is 2. The van der Waals surface area contributed by atoms with Crippen LogP contribution in [0.25, 0.3) is 0 Å². The second kappa shape index (κ2) is 4.53. The summed E-state index contributed by atoms with van der Waals surface area (Å²) >= 11 is 9.95. The summed E-state index contributed by atoms with van der Waals surface area (Å²) in [5.41, 5.74) is 0.945. The molecule has 0 aliphatic rings. The molecule has 1 rings (SSSR count). The monoisotopic (exact) mass is 354 g/mol. The Kier molecular flexibility index (Phi) is 3.93. The molecule has 12 heavy (non-hydrogen) atoms. The fourth-order valence-corrected chi connectivity index (χ4v) is 1.69. The van der Waals surface area contributed by atoms with Crippen LogP contribution < -0.4 is 0 Å². The van der Waals surface area contributed by atoms with Gasteiger partial charge in [0.25, 0.3) is 0 Å². The lowest BCUT2D eigenvalue weighted by molar-refractivity contribution is -0.107. The lowest BCUT2D eigenvalue weighted by Crippen LogP contribution is -1.89. The molecule has 1 atom stereocenters. The average Bonchev–Trinajstić information content (AvgIpc) is 2.08. The molecule has 0 saturated heterocycles. The van der Waals surface area contributed by atoms with E-state index in [4.69, 9.17) is 0 Å². The second-order valence-electron chi connectivity index (χ2n) is 2.21. The normalized spacial score (nSPS) is 12.6. The molecular formula is C8H5Br3O. The van der Waals surface area contributed by atoms with Crippen LogP contribution >= 0.6 is 47.8 Å². The van der Waals surface area contributed by atoms with Gasteiger partial charge >= 0.3 is 0 Å². The van der Waals surface area contributed by atoms with Gasteiger partial charge < -0.3 is 4.79 Å². The summed E-state index contributed by atoms with van der Waals surface area (Å²) in [4.78, 5) is 10.2. The van der Waals surface area contributed by atoms with Crippen molar-refractivity contribution >= 4 is 54.1 Å². The first-order valence-electron chi connectivity index (χ1n) is 3.19. The van der Waals surface area contributed by atoms with E-state index in [2.05, 4.69) is 47.8 Å². The minimum Gasteiger partial charge on any atom is -0.302 e. The number of carbonyl (C=O) groups is 1. The lowest BCUT2D eigenvalue weighted by atomic mass is 10.2. The standard InChI is InChI=1S/C8H5Br3O/c9-6-2-1-5(3-7(6)10)8(11)4-12/h1-4,8H. The van der Waals surface area contributed by atoms with E-state index >= 15 is 0 Å². The van der Waals surface area contributed by atoms with Gasteiger partial charge in [0.2, 0.25) is 0 Å². The Bertz CT molecular complexity index is 298. The zero-order valence-corrected chi connectivity index (χ0v) is 10.7. The second-order valence-corrected chi connectivity index (χ2v) is 4.91. The van der Waals surface area contributed by atoms with Crippen molar-refractivity contribution in [1.82, 2.24) is 0 Å². The number of halogens is 3. The van der Waals surface area contributed by atoms with Gasteiger partial charge in [-0.15, -0.1) is 0 Å². The zero-order chi connectivity index (χ0) is 9.14. The molecule has 0 amide bonds. The first-order chi connectivity index (χ1) is 5.65. The van der Waals surface area contributed by atoms with Gasteiger partial charge in [-0.25, -0.2) is 0 Å². The van der Waals surface area contributed by atoms with E-state index in [1.54, 1.807) is 0 Å². The predicted molar refractivity (Wildman–Crippen MR) is 59.6 cm³/mol. The van der Waals surface area contributed by atoms with Crippen molar-refractivity contribution < 1.29 is 4.79 Å². The summed E-state index contributed by atoms with van der Waals surface area (Å²) < 4.78 is 1.93. The molecule has 0 fully saturated rings. The molecule has 0 aromatic heterocycles. The summed E-state index contributed by atoms with van der Waals surface area (Å²) in [5, 5.41) is 0. The Hall–Kier alpha value is 0.330. The predicted octanol–water partition coefficient (Wildman–Crippen LogP) is 3.85. The molecule has 0 aliphatic heterocycles. The molecule has 0 heterocycles. The largest absolute Gasteiger partial charge is 0.302 e. The minimum atomic E-state index is -0.220. The Balaban J connectivity index is 3.04. The molecule has 0 spiro atoms. The van der Waals surface area contributed by atoms with Crippen LogP contribution in [0.15, 0.2) is 27.1 Å². The van der Waals surface area contributed by atoms with E-state index in [0.717, 1.165) is 20.8 Å². The van der Waals surface area contributed by atoms with Crippen LogP contribution in [0.5, 0.6) is 0 Å². The Morgan fingerprint density at radius 1 is 1.25 bits per heavy atom. The van der Waals surface area contributed by atoms with Gasteiger partial charge in [-0.3, -0.25) is 0 Å². The Labute approximate surface area is 95.9 Å². The van der Waals surface area contributed by atoms with Crippen molar-refractivity contribution in [3.8, 4) is 0 Å². The molecule has 4 heteroatoms. The molecular weight excluding hydrogens is 352 g/mol. The first-order valence-corrected chi connectivity index (χ1v) is 5.69. The van der Waals surface area contributed by atoms with Gasteiger partial charge in [-0.1, -0.05) is 22.0 Å². The van der Waals surface area contributed by atoms with Crippen molar-refractivity contribution in [2.45, 2.75) is 4.83 Å². The highest BCUT2D eigenvalue weighted by atomic mass is 79.9. The van der Waals surface area contributed by atoms with Crippen LogP contribution in [0.3, 0.4) is 0 Å². The number of hydrogen-bond acceptors (Lipinski definition) is 1. The smallest absolute Gasteiger partial charge is 0.138 e. The van der Waals surface area contributed by atoms with Crippen LogP contribution in [-0.2, 0) is 4.79 Å². The van der Waals surface area contributed by atoms with Gasteiger partial charge in [0.15, 0.2) is 0 Å². The molecule has 0 aliphatic carbocycles. The van der Waals surface area contributed by atoms with Crippen molar-refractivity contribution in [1.29, 1.82) is 0 Å². The first kappa shape index (κ1) is 10.4. The third-order valence-corrected chi connectivity index (χ3v) is 4.01. The number of hydrogen-bond donors (Lipinski definition) is 0. The van der Waals surface area contributed by atoms with E-state index in [1.165, 1.54) is 0 Å². The van der Waals surface area contributed by atoms with E-state index < -0.39 is 0 Å². The topological polar surface area (TPSA) is 17.1 Å². The number of aldehydes is 1. The fourth-order valence-electron chi connectivity index (χ4n) is 0.762. The van der Waals surface area contributed by atoms with E-state index in [-0.39, 0.29) is 4.83 Å². The van der Waals surface area contributed by atoms with Gasteiger partial charge in [0.05, 0.1) is 4.83 Å². The third-order valence-electron chi connectivity index (χ3n) is 1.38. The number of carbonyl (C=O) groups excluding carboxylic acids is 1. The maximum absolute atomic E-state index is 10.4. The van der Waals surface area contributed by atoms with Crippen molar-refractivity contribution in [2.24, 2.45) is 0 Å². The summed E-state index contributed by atoms with van der Waals surface area (Å²) in [5.74, 6) is 0. The summed E-state index contributed by atoms with van der Waals surface area (Å²) in [6, 6.07) is 5.69. The number of benzene rings is 1. The van der Waals surface area contributed by atoms with Gasteiger partial charge in [0.1, 0.15) is 6.29 Å². The molecule has 1 aromatic carbocycles. The van der Waals surface area contributed by atoms with Crippen LogP contribution in [-0.4, -0.2) is 6.29 Å². The quantitative estimate of drug-likeness (QED) is 0.581. The minimum absolute atomic E-state index is 0.220. The molecule has 1 unspecified atom stereocenters. The zero-order valence-electron chi connectivity index (χ0n) is 5.93. The molecule has 0 radical (unpaired) electrons. The summed E-state index contributed by atoms with van der Waals surface area (Å²) in [6.45, 7) is 0. The van der Waals surface area contributed by atoms with Gasteiger partial charge in [-0.2, -0.15) is 0 Å². The van der Waals surface area contributed by atoms with Crippen LogP contribution in [0.2, 0.25) is 0 Å². The van der Waals surface area contributed by atoms with Crippen LogP contribution in [0, 0.1) is 0 Å². The van der Waals surface area contributed by atoms with E-state index in [0.29, 0.717) is 0 Å². The Morgan fingerprint density at radius 2 is 1.92 bits per heavy atom. The third kappa shape index (κ3) is 2.41. The molecule has 0 saturated carbocycles. The fraction of sp³-hybridized carbons (Fsp3) is 0.125. The summed E-state index contributed by atoms with van der Waals surface area (Å²) in [6.07, 6.45) is 0.857. The molecule has 0 N–H and O–H groups in total. The van der Waals surface area contributed by atoms with Gasteiger partial charge in [-0.05, 0) is 49.6 Å². The average molecular weight is 357 g/mol. The van der Waals surface area contributed by atoms with E-state index in [1.807, 2.05) is 18.2 Å². The van der Waals surface area contributed by atoms with Crippen LogP contribution in [0.1, 0.15) is 10.4 Å². The number of alkyl halides is 1. The van der Waals surface area contributed by atoms with Gasteiger partial charge in [0, 0.05) is 8.95 Å². The van der Waals surface area contributed by atoms with Crippen LogP contribution in [0.4, 0.5) is 0 Å². The maximum atomic E-state index is 10.4. The van der Waals surface area contributed by atoms with Crippen molar-refractivity contribution in [3.63, 3.8) is 0 Å². The lowest BCUT2D eigenvalue weighted by Gasteiger charge is -2.03. The molecule has 1 nitrogen and oxygen atoms in total. The van der Waals surface area contributed by atoms with Crippen molar-refractivity contribution in [3.05, 3.63) is 32.7 Å². The van der Waals surface area contributed by atoms with E-state index in [9.17, 15) is 4.79 Å². The summed E-state index contributed by atoms with van der Waals surface area (Å²) in [7, 11) is 0. The highest BCUT2D eigenvalue weighted by molar-refractivity contribution is 9.13. The molecule has 64 valence electrons.